The first-order valence-corrected chi connectivity index (χ1v) is 6.52. The van der Waals surface area contributed by atoms with Crippen molar-refractivity contribution < 1.29 is 4.79 Å². The molecule has 0 radical (unpaired) electrons. The molecule has 0 saturated carbocycles. The van der Waals surface area contributed by atoms with Crippen LogP contribution in [0.1, 0.15) is 10.5 Å². The average Bonchev–Trinajstić information content (AvgIpc) is 2.48. The predicted octanol–water partition coefficient (Wildman–Crippen LogP) is -0.847. The maximum absolute atomic E-state index is 11.3. The van der Waals surface area contributed by atoms with Gasteiger partial charge in [-0.3, -0.25) is 9.69 Å². The lowest BCUT2D eigenvalue weighted by Crippen LogP contribution is -2.45. The summed E-state index contributed by atoms with van der Waals surface area (Å²) >= 11 is 0. The summed E-state index contributed by atoms with van der Waals surface area (Å²) in [5.74, 6) is 0.475. The highest BCUT2D eigenvalue weighted by Gasteiger charge is 2.09. The molecule has 1 amide bonds. The van der Waals surface area contributed by atoms with Gasteiger partial charge in [0.15, 0.2) is 5.69 Å². The van der Waals surface area contributed by atoms with E-state index in [1.807, 2.05) is 0 Å². The fourth-order valence-electron chi connectivity index (χ4n) is 1.95. The lowest BCUT2D eigenvalue weighted by molar-refractivity contribution is 0.0957. The Morgan fingerprint density at radius 3 is 2.79 bits per heavy atom. The Balaban J connectivity index is 1.75. The zero-order valence-electron chi connectivity index (χ0n) is 11.1. The second-order valence-electron chi connectivity index (χ2n) is 4.40. The first-order chi connectivity index (χ1) is 9.29. The number of aromatic nitrogens is 2. The molecule has 104 valence electrons. The molecule has 2 rings (SSSR count). The van der Waals surface area contributed by atoms with Crippen molar-refractivity contribution in [2.75, 3.05) is 51.6 Å². The zero-order chi connectivity index (χ0) is 13.5. The van der Waals surface area contributed by atoms with Crippen molar-refractivity contribution in [2.45, 2.75) is 0 Å². The van der Waals surface area contributed by atoms with Crippen molar-refractivity contribution >= 4 is 11.7 Å². The Labute approximate surface area is 112 Å². The summed E-state index contributed by atoms with van der Waals surface area (Å²) in [4.78, 5) is 13.7. The fraction of sp³-hybridized carbons (Fsp3) is 0.583. The van der Waals surface area contributed by atoms with Crippen molar-refractivity contribution in [3.8, 4) is 0 Å². The molecule has 3 N–H and O–H groups in total. The molecule has 0 spiro atoms. The molecule has 0 aromatic carbocycles. The number of piperazine rings is 1. The van der Waals surface area contributed by atoms with Crippen molar-refractivity contribution in [3.05, 3.63) is 17.8 Å². The van der Waals surface area contributed by atoms with Crippen LogP contribution in [0.3, 0.4) is 0 Å². The summed E-state index contributed by atoms with van der Waals surface area (Å²) < 4.78 is 0. The molecule has 2 heterocycles. The maximum Gasteiger partial charge on any atom is 0.271 e. The number of carbonyl (C=O) groups excluding carboxylic acids is 1. The molecule has 1 aliphatic rings. The van der Waals surface area contributed by atoms with Crippen molar-refractivity contribution in [1.29, 1.82) is 0 Å². The minimum atomic E-state index is -0.222. The fourth-order valence-corrected chi connectivity index (χ4v) is 1.95. The molecule has 0 aliphatic carbocycles. The summed E-state index contributed by atoms with van der Waals surface area (Å²) in [5, 5.41) is 16.9. The molecule has 1 fully saturated rings. The van der Waals surface area contributed by atoms with Crippen LogP contribution in [0.15, 0.2) is 12.1 Å². The average molecular weight is 264 g/mol. The van der Waals surface area contributed by atoms with Gasteiger partial charge in [-0.05, 0) is 12.1 Å². The Bertz CT molecular complexity index is 401. The number of nitrogens with one attached hydrogen (secondary N) is 3. The number of hydrogen-bond donors (Lipinski definition) is 3. The minimum absolute atomic E-state index is 0.222. The minimum Gasteiger partial charge on any atom is -0.367 e. The van der Waals surface area contributed by atoms with Gasteiger partial charge in [0.2, 0.25) is 0 Å². The molecule has 1 saturated heterocycles. The van der Waals surface area contributed by atoms with Crippen LogP contribution >= 0.6 is 0 Å². The zero-order valence-corrected chi connectivity index (χ0v) is 11.1. The number of hydrogen-bond acceptors (Lipinski definition) is 6. The third-order valence-corrected chi connectivity index (χ3v) is 3.07. The molecular formula is C12H20N6O. The highest BCUT2D eigenvalue weighted by molar-refractivity contribution is 5.91. The van der Waals surface area contributed by atoms with Crippen LogP contribution in [0.5, 0.6) is 0 Å². The summed E-state index contributed by atoms with van der Waals surface area (Å²) in [5.41, 5.74) is 0.329. The standard InChI is InChI=1S/C12H20N6O/c1-13-12(19)10-2-3-11(17-16-10)15-6-9-18-7-4-14-5-8-18/h2-3,14H,4-9H2,1H3,(H,13,19)(H,15,17). The molecule has 19 heavy (non-hydrogen) atoms. The van der Waals surface area contributed by atoms with Gasteiger partial charge in [-0.1, -0.05) is 0 Å². The van der Waals surface area contributed by atoms with Gasteiger partial charge in [-0.15, -0.1) is 10.2 Å². The number of rotatable bonds is 5. The van der Waals surface area contributed by atoms with E-state index in [1.54, 1.807) is 19.2 Å². The monoisotopic (exact) mass is 264 g/mol. The smallest absolute Gasteiger partial charge is 0.271 e. The molecule has 1 aromatic heterocycles. The molecule has 1 aliphatic heterocycles. The van der Waals surface area contributed by atoms with E-state index >= 15 is 0 Å². The molecular weight excluding hydrogens is 244 g/mol. The van der Waals surface area contributed by atoms with Crippen LogP contribution < -0.4 is 16.0 Å². The Kier molecular flexibility index (Phi) is 5.05. The molecule has 7 heteroatoms. The Morgan fingerprint density at radius 1 is 1.37 bits per heavy atom. The number of carbonyl (C=O) groups is 1. The first kappa shape index (κ1) is 13.7. The largest absolute Gasteiger partial charge is 0.367 e. The highest BCUT2D eigenvalue weighted by atomic mass is 16.1. The number of nitrogens with zero attached hydrogens (tertiary/aromatic N) is 3. The van der Waals surface area contributed by atoms with E-state index in [2.05, 4.69) is 31.0 Å². The number of amides is 1. The van der Waals surface area contributed by atoms with E-state index in [0.29, 0.717) is 11.5 Å². The summed E-state index contributed by atoms with van der Waals surface area (Å²) in [6.07, 6.45) is 0. The Morgan fingerprint density at radius 2 is 2.16 bits per heavy atom. The van der Waals surface area contributed by atoms with Gasteiger partial charge in [0.1, 0.15) is 5.82 Å². The molecule has 0 atom stereocenters. The highest BCUT2D eigenvalue weighted by Crippen LogP contribution is 2.02. The summed E-state index contributed by atoms with van der Waals surface area (Å²) in [6, 6.07) is 3.44. The van der Waals surface area contributed by atoms with Gasteiger partial charge in [-0.25, -0.2) is 0 Å². The van der Waals surface area contributed by atoms with Gasteiger partial charge >= 0.3 is 0 Å². The van der Waals surface area contributed by atoms with Crippen LogP contribution in [-0.2, 0) is 0 Å². The third kappa shape index (κ3) is 4.15. The van der Waals surface area contributed by atoms with Crippen LogP contribution in [0.25, 0.3) is 0 Å². The van der Waals surface area contributed by atoms with Crippen LogP contribution in [0.2, 0.25) is 0 Å². The lowest BCUT2D eigenvalue weighted by atomic mass is 10.3. The second kappa shape index (κ2) is 7.01. The van der Waals surface area contributed by atoms with Gasteiger partial charge in [0.25, 0.3) is 5.91 Å². The van der Waals surface area contributed by atoms with Crippen molar-refractivity contribution in [2.24, 2.45) is 0 Å². The second-order valence-corrected chi connectivity index (χ2v) is 4.40. The van der Waals surface area contributed by atoms with E-state index in [-0.39, 0.29) is 5.91 Å². The molecule has 0 unspecified atom stereocenters. The normalized spacial score (nSPS) is 16.1. The van der Waals surface area contributed by atoms with E-state index in [9.17, 15) is 4.79 Å². The van der Waals surface area contributed by atoms with E-state index in [1.165, 1.54) is 0 Å². The SMILES string of the molecule is CNC(=O)c1ccc(NCCN2CCNCC2)nn1. The van der Waals surface area contributed by atoms with Crippen molar-refractivity contribution in [1.82, 2.24) is 25.7 Å². The number of anilines is 1. The van der Waals surface area contributed by atoms with Crippen molar-refractivity contribution in [3.63, 3.8) is 0 Å². The predicted molar refractivity (Wildman–Crippen MR) is 73.2 cm³/mol. The summed E-state index contributed by atoms with van der Waals surface area (Å²) in [7, 11) is 1.57. The first-order valence-electron chi connectivity index (χ1n) is 6.52. The van der Waals surface area contributed by atoms with E-state index in [4.69, 9.17) is 0 Å². The van der Waals surface area contributed by atoms with Gasteiger partial charge in [-0.2, -0.15) is 0 Å². The van der Waals surface area contributed by atoms with Crippen LogP contribution in [-0.4, -0.2) is 67.3 Å². The summed E-state index contributed by atoms with van der Waals surface area (Å²) in [6.45, 7) is 6.10. The lowest BCUT2D eigenvalue weighted by Gasteiger charge is -2.27. The molecule has 1 aromatic rings. The quantitative estimate of drug-likeness (QED) is 0.643. The maximum atomic E-state index is 11.3. The van der Waals surface area contributed by atoms with E-state index < -0.39 is 0 Å². The van der Waals surface area contributed by atoms with Gasteiger partial charge < -0.3 is 16.0 Å². The van der Waals surface area contributed by atoms with E-state index in [0.717, 1.165) is 39.3 Å². The topological polar surface area (TPSA) is 82.2 Å². The van der Waals surface area contributed by atoms with Gasteiger partial charge in [0, 0.05) is 46.3 Å². The van der Waals surface area contributed by atoms with Gasteiger partial charge in [0.05, 0.1) is 0 Å². The van der Waals surface area contributed by atoms with Crippen LogP contribution in [0, 0.1) is 0 Å². The Hall–Kier alpha value is -1.73. The third-order valence-electron chi connectivity index (χ3n) is 3.07. The molecule has 0 bridgehead atoms. The molecule has 7 nitrogen and oxygen atoms in total. The van der Waals surface area contributed by atoms with Crippen LogP contribution in [0.4, 0.5) is 5.82 Å².